The van der Waals surface area contributed by atoms with E-state index in [1.165, 1.54) is 0 Å². The van der Waals surface area contributed by atoms with Crippen molar-refractivity contribution in [1.29, 1.82) is 0 Å². The smallest absolute Gasteiger partial charge is 0.354 e. The first kappa shape index (κ1) is 17.7. The molecule has 4 aromatic rings. The average molecular weight is 469 g/mol. The van der Waals surface area contributed by atoms with Crippen LogP contribution in [0.5, 0.6) is 5.75 Å². The molecule has 134 valence electrons. The molecule has 0 bridgehead atoms. The van der Waals surface area contributed by atoms with E-state index >= 15 is 0 Å². The maximum Gasteiger partial charge on any atom is 0.354 e. The highest BCUT2D eigenvalue weighted by Crippen LogP contribution is 2.38. The lowest BCUT2D eigenvalue weighted by Crippen LogP contribution is -2.00. The molecule has 0 aliphatic rings. The van der Waals surface area contributed by atoms with Gasteiger partial charge in [-0.1, -0.05) is 36.4 Å². The predicted molar refractivity (Wildman–Crippen MR) is 116 cm³/mol. The Balaban J connectivity index is 2.00. The number of fused-ring (bicyclic) bond motifs is 2. The Morgan fingerprint density at radius 2 is 1.67 bits per heavy atom. The molecule has 4 rings (SSSR count). The van der Waals surface area contributed by atoms with Gasteiger partial charge in [0.1, 0.15) is 11.4 Å². The molecule has 0 saturated heterocycles. The summed E-state index contributed by atoms with van der Waals surface area (Å²) in [5, 5.41) is 12.3. The number of benzene rings is 3. The summed E-state index contributed by atoms with van der Waals surface area (Å²) in [5.41, 5.74) is 2.80. The van der Waals surface area contributed by atoms with Crippen molar-refractivity contribution in [3.8, 4) is 16.9 Å². The van der Waals surface area contributed by atoms with Gasteiger partial charge in [-0.3, -0.25) is 0 Å². The van der Waals surface area contributed by atoms with E-state index in [-0.39, 0.29) is 5.69 Å². The first-order chi connectivity index (χ1) is 13.1. The second-order valence-corrected chi connectivity index (χ2v) is 7.25. The van der Waals surface area contributed by atoms with Crippen molar-refractivity contribution in [3.05, 3.63) is 69.9 Å². The molecule has 1 N–H and O–H groups in total. The van der Waals surface area contributed by atoms with E-state index < -0.39 is 5.97 Å². The van der Waals surface area contributed by atoms with Crippen LogP contribution in [0, 0.1) is 3.57 Å². The number of carboxylic acid groups (broad SMARTS) is 1. The van der Waals surface area contributed by atoms with E-state index in [0.717, 1.165) is 36.6 Å². The van der Waals surface area contributed by atoms with Crippen molar-refractivity contribution < 1.29 is 14.6 Å². The minimum atomic E-state index is -1.02. The third kappa shape index (κ3) is 3.12. The molecule has 1 aromatic heterocycles. The fourth-order valence-corrected chi connectivity index (χ4v) is 3.96. The minimum Gasteiger partial charge on any atom is -0.492 e. The summed E-state index contributed by atoms with van der Waals surface area (Å²) in [6.07, 6.45) is 0. The van der Waals surface area contributed by atoms with Gasteiger partial charge in [0.25, 0.3) is 0 Å². The number of ether oxygens (including phenoxy) is 1. The molecule has 0 atom stereocenters. The highest BCUT2D eigenvalue weighted by Gasteiger charge is 2.14. The third-order valence-corrected chi connectivity index (χ3v) is 5.34. The average Bonchev–Trinajstić information content (AvgIpc) is 2.68. The topological polar surface area (TPSA) is 59.4 Å². The van der Waals surface area contributed by atoms with Gasteiger partial charge >= 0.3 is 5.97 Å². The Morgan fingerprint density at radius 1 is 0.963 bits per heavy atom. The predicted octanol–water partition coefficient (Wildman–Crippen LogP) is 5.76. The van der Waals surface area contributed by atoms with Gasteiger partial charge in [0.2, 0.25) is 0 Å². The van der Waals surface area contributed by atoms with Crippen LogP contribution in [-0.4, -0.2) is 22.7 Å². The van der Waals surface area contributed by atoms with E-state index in [0.29, 0.717) is 12.1 Å². The van der Waals surface area contributed by atoms with Gasteiger partial charge in [-0.05, 0) is 70.3 Å². The Labute approximate surface area is 169 Å². The first-order valence-corrected chi connectivity index (χ1v) is 9.65. The molecule has 0 amide bonds. The zero-order valence-corrected chi connectivity index (χ0v) is 16.7. The molecule has 0 unspecified atom stereocenters. The normalized spacial score (nSPS) is 11.0. The summed E-state index contributed by atoms with van der Waals surface area (Å²) >= 11 is 2.29. The van der Waals surface area contributed by atoms with Crippen LogP contribution in [0.25, 0.3) is 32.8 Å². The van der Waals surface area contributed by atoms with Gasteiger partial charge < -0.3 is 9.84 Å². The zero-order valence-electron chi connectivity index (χ0n) is 14.6. The quantitative estimate of drug-likeness (QED) is 0.387. The molecule has 5 heteroatoms. The van der Waals surface area contributed by atoms with E-state index in [1.54, 1.807) is 6.07 Å². The van der Waals surface area contributed by atoms with Crippen LogP contribution in [0.1, 0.15) is 17.4 Å². The molecule has 27 heavy (non-hydrogen) atoms. The van der Waals surface area contributed by atoms with Crippen LogP contribution in [0.2, 0.25) is 0 Å². The second kappa shape index (κ2) is 7.15. The van der Waals surface area contributed by atoms with Crippen LogP contribution in [-0.2, 0) is 0 Å². The van der Waals surface area contributed by atoms with Gasteiger partial charge in [-0.25, -0.2) is 9.78 Å². The number of hydrogen-bond acceptors (Lipinski definition) is 3. The molecule has 0 aliphatic carbocycles. The number of carbonyl (C=O) groups is 1. The Bertz CT molecular complexity index is 1190. The molecular formula is C22H16INO3. The minimum absolute atomic E-state index is 0.0470. The molecule has 0 aliphatic heterocycles. The van der Waals surface area contributed by atoms with Crippen molar-refractivity contribution in [2.75, 3.05) is 6.61 Å². The van der Waals surface area contributed by atoms with Gasteiger partial charge in [0.05, 0.1) is 15.7 Å². The number of aromatic carboxylic acids is 1. The van der Waals surface area contributed by atoms with Crippen LogP contribution >= 0.6 is 22.6 Å². The van der Waals surface area contributed by atoms with Crippen LogP contribution in [0.3, 0.4) is 0 Å². The lowest BCUT2D eigenvalue weighted by atomic mass is 9.95. The fourth-order valence-electron chi connectivity index (χ4n) is 3.34. The Morgan fingerprint density at radius 3 is 2.41 bits per heavy atom. The summed E-state index contributed by atoms with van der Waals surface area (Å²) in [4.78, 5) is 15.5. The lowest BCUT2D eigenvalue weighted by Gasteiger charge is -2.14. The standard InChI is InChI=1S/C22H16INO3/c1-2-27-21-17-7-3-5-13(15(17)9-11-18(21)23)14-6-4-8-19-16(14)10-12-20(24-19)22(25)26/h3-12H,2H2,1H3,(H,25,26). The van der Waals surface area contributed by atoms with Crippen LogP contribution < -0.4 is 4.74 Å². The van der Waals surface area contributed by atoms with Crippen molar-refractivity contribution in [2.24, 2.45) is 0 Å². The highest BCUT2D eigenvalue weighted by molar-refractivity contribution is 14.1. The van der Waals surface area contributed by atoms with Crippen LogP contribution in [0.4, 0.5) is 0 Å². The Hall–Kier alpha value is -2.67. The maximum absolute atomic E-state index is 11.2. The number of rotatable bonds is 4. The summed E-state index contributed by atoms with van der Waals surface area (Å²) in [7, 11) is 0. The monoisotopic (exact) mass is 469 g/mol. The third-order valence-electron chi connectivity index (χ3n) is 4.49. The summed E-state index contributed by atoms with van der Waals surface area (Å²) in [6, 6.07) is 19.5. The highest BCUT2D eigenvalue weighted by atomic mass is 127. The Kier molecular flexibility index (Phi) is 4.70. The van der Waals surface area contributed by atoms with Crippen LogP contribution in [0.15, 0.2) is 60.7 Å². The number of carboxylic acids is 1. The van der Waals surface area contributed by atoms with E-state index in [9.17, 15) is 9.90 Å². The maximum atomic E-state index is 11.2. The summed E-state index contributed by atoms with van der Waals surface area (Å²) < 4.78 is 6.96. The molecule has 0 fully saturated rings. The number of halogens is 1. The van der Waals surface area contributed by atoms with E-state index in [1.807, 2.05) is 37.3 Å². The molecule has 0 saturated carbocycles. The number of nitrogens with zero attached hydrogens (tertiary/aromatic N) is 1. The largest absolute Gasteiger partial charge is 0.492 e. The molecule has 0 radical (unpaired) electrons. The molecule has 3 aromatic carbocycles. The second-order valence-electron chi connectivity index (χ2n) is 6.08. The van der Waals surface area contributed by atoms with E-state index in [4.69, 9.17) is 4.74 Å². The zero-order chi connectivity index (χ0) is 19.0. The number of pyridine rings is 1. The molecule has 0 spiro atoms. The SMILES string of the molecule is CCOc1c(I)ccc2c(-c3cccc4nc(C(=O)O)ccc34)cccc12. The lowest BCUT2D eigenvalue weighted by molar-refractivity contribution is 0.0691. The van der Waals surface area contributed by atoms with E-state index in [2.05, 4.69) is 51.8 Å². The number of aromatic nitrogens is 1. The van der Waals surface area contributed by atoms with Gasteiger partial charge in [-0.15, -0.1) is 0 Å². The summed E-state index contributed by atoms with van der Waals surface area (Å²) in [6.45, 7) is 2.59. The van der Waals surface area contributed by atoms with Gasteiger partial charge in [0, 0.05) is 10.8 Å². The van der Waals surface area contributed by atoms with Crippen molar-refractivity contribution >= 4 is 50.2 Å². The number of hydrogen-bond donors (Lipinski definition) is 1. The summed E-state index contributed by atoms with van der Waals surface area (Å²) in [5.74, 6) is -0.132. The van der Waals surface area contributed by atoms with Gasteiger partial charge in [0.15, 0.2) is 0 Å². The fraction of sp³-hybridized carbons (Fsp3) is 0.0909. The van der Waals surface area contributed by atoms with Gasteiger partial charge in [-0.2, -0.15) is 0 Å². The molecule has 1 heterocycles. The van der Waals surface area contributed by atoms with Crippen molar-refractivity contribution in [2.45, 2.75) is 6.92 Å². The van der Waals surface area contributed by atoms with Crippen molar-refractivity contribution in [1.82, 2.24) is 4.98 Å². The van der Waals surface area contributed by atoms with Crippen molar-refractivity contribution in [3.63, 3.8) is 0 Å². The first-order valence-electron chi connectivity index (χ1n) is 8.57. The molecule has 4 nitrogen and oxygen atoms in total. The molecular weight excluding hydrogens is 453 g/mol.